The standard InChI is InChI=1S/C25H24N2O3S/c1-18-9-8-10-19(2)25(18)26-24(28)16-27-15-23(21-13-6-7-14-22(21)27)31(29,30)17-20-11-4-3-5-12-20/h3-15H,16-17H2,1-2H3,(H,26,28). The second-order valence-electron chi connectivity index (χ2n) is 7.70. The van der Waals surface area contributed by atoms with Crippen LogP contribution in [0.2, 0.25) is 0 Å². The predicted octanol–water partition coefficient (Wildman–Crippen LogP) is 4.87. The van der Waals surface area contributed by atoms with Crippen molar-refractivity contribution in [2.75, 3.05) is 5.32 Å². The molecule has 0 saturated heterocycles. The lowest BCUT2D eigenvalue weighted by Crippen LogP contribution is -2.19. The fraction of sp³-hybridized carbons (Fsp3) is 0.160. The van der Waals surface area contributed by atoms with Gasteiger partial charge in [0.1, 0.15) is 6.54 Å². The van der Waals surface area contributed by atoms with Crippen molar-refractivity contribution in [1.29, 1.82) is 0 Å². The van der Waals surface area contributed by atoms with Crippen molar-refractivity contribution in [3.8, 4) is 0 Å². The van der Waals surface area contributed by atoms with E-state index >= 15 is 0 Å². The van der Waals surface area contributed by atoms with Crippen LogP contribution in [-0.2, 0) is 26.9 Å². The number of carbonyl (C=O) groups is 1. The highest BCUT2D eigenvalue weighted by molar-refractivity contribution is 7.90. The van der Waals surface area contributed by atoms with Crippen LogP contribution >= 0.6 is 0 Å². The molecule has 1 heterocycles. The number of nitrogens with one attached hydrogen (secondary N) is 1. The molecule has 5 nitrogen and oxygen atoms in total. The smallest absolute Gasteiger partial charge is 0.244 e. The number of aromatic nitrogens is 1. The van der Waals surface area contributed by atoms with Crippen LogP contribution < -0.4 is 5.32 Å². The van der Waals surface area contributed by atoms with Gasteiger partial charge in [-0.3, -0.25) is 4.79 Å². The molecule has 4 rings (SSSR count). The number of hydrogen-bond donors (Lipinski definition) is 1. The predicted molar refractivity (Wildman–Crippen MR) is 124 cm³/mol. The van der Waals surface area contributed by atoms with Gasteiger partial charge >= 0.3 is 0 Å². The summed E-state index contributed by atoms with van der Waals surface area (Å²) in [6, 6.07) is 22.2. The quantitative estimate of drug-likeness (QED) is 0.473. The van der Waals surface area contributed by atoms with E-state index in [9.17, 15) is 13.2 Å². The molecule has 0 aliphatic rings. The van der Waals surface area contributed by atoms with Crippen molar-refractivity contribution in [3.63, 3.8) is 0 Å². The van der Waals surface area contributed by atoms with Crippen LogP contribution in [0.3, 0.4) is 0 Å². The second kappa shape index (κ2) is 8.40. The number of sulfone groups is 1. The Balaban J connectivity index is 1.66. The molecule has 0 unspecified atom stereocenters. The molecule has 0 saturated carbocycles. The van der Waals surface area contributed by atoms with E-state index in [1.54, 1.807) is 29.0 Å². The molecule has 1 aromatic heterocycles. The number of nitrogens with zero attached hydrogens (tertiary/aromatic N) is 1. The van der Waals surface area contributed by atoms with E-state index in [4.69, 9.17) is 0 Å². The normalized spacial score (nSPS) is 11.5. The summed E-state index contributed by atoms with van der Waals surface area (Å²) in [7, 11) is -3.58. The molecule has 3 aromatic carbocycles. The number of fused-ring (bicyclic) bond motifs is 1. The first-order valence-corrected chi connectivity index (χ1v) is 11.7. The van der Waals surface area contributed by atoms with Crippen LogP contribution in [-0.4, -0.2) is 18.9 Å². The van der Waals surface area contributed by atoms with Gasteiger partial charge in [-0.1, -0.05) is 66.7 Å². The Morgan fingerprint density at radius 2 is 1.52 bits per heavy atom. The highest BCUT2D eigenvalue weighted by Crippen LogP contribution is 2.28. The van der Waals surface area contributed by atoms with Crippen molar-refractivity contribution in [1.82, 2.24) is 4.57 Å². The summed E-state index contributed by atoms with van der Waals surface area (Å²) in [6.07, 6.45) is 1.58. The molecule has 1 N–H and O–H groups in total. The number of benzene rings is 3. The monoisotopic (exact) mass is 432 g/mol. The first-order chi connectivity index (χ1) is 14.8. The Labute approximate surface area is 182 Å². The third-order valence-electron chi connectivity index (χ3n) is 5.35. The average molecular weight is 433 g/mol. The van der Waals surface area contributed by atoms with Crippen molar-refractivity contribution >= 4 is 32.3 Å². The third-order valence-corrected chi connectivity index (χ3v) is 7.05. The van der Waals surface area contributed by atoms with Crippen molar-refractivity contribution in [3.05, 3.63) is 95.7 Å². The van der Waals surface area contributed by atoms with E-state index in [1.807, 2.05) is 68.4 Å². The molecular formula is C25H24N2O3S. The Kier molecular flexibility index (Phi) is 5.65. The Morgan fingerprint density at radius 3 is 2.23 bits per heavy atom. The van der Waals surface area contributed by atoms with Gasteiger partial charge in [-0.2, -0.15) is 0 Å². The van der Waals surface area contributed by atoms with Crippen molar-refractivity contribution in [2.24, 2.45) is 0 Å². The van der Waals surface area contributed by atoms with Gasteiger partial charge in [-0.15, -0.1) is 0 Å². The molecule has 0 radical (unpaired) electrons. The van der Waals surface area contributed by atoms with Gasteiger partial charge in [0.2, 0.25) is 5.91 Å². The maximum absolute atomic E-state index is 13.2. The number of carbonyl (C=O) groups excluding carboxylic acids is 1. The lowest BCUT2D eigenvalue weighted by Gasteiger charge is -2.12. The molecule has 0 aliphatic heterocycles. The van der Waals surface area contributed by atoms with Gasteiger partial charge in [0, 0.05) is 22.8 Å². The van der Waals surface area contributed by atoms with Crippen LogP contribution in [0.5, 0.6) is 0 Å². The maximum atomic E-state index is 13.2. The van der Waals surface area contributed by atoms with E-state index in [-0.39, 0.29) is 23.1 Å². The molecule has 0 atom stereocenters. The Hall–Kier alpha value is -3.38. The molecular weight excluding hydrogens is 408 g/mol. The molecule has 31 heavy (non-hydrogen) atoms. The van der Waals surface area contributed by atoms with E-state index < -0.39 is 9.84 Å². The molecule has 6 heteroatoms. The average Bonchev–Trinajstić information content (AvgIpc) is 3.11. The molecule has 0 spiro atoms. The van der Waals surface area contributed by atoms with Gasteiger partial charge in [-0.25, -0.2) is 8.42 Å². The summed E-state index contributed by atoms with van der Waals surface area (Å²) in [5.74, 6) is -0.290. The maximum Gasteiger partial charge on any atom is 0.244 e. The summed E-state index contributed by atoms with van der Waals surface area (Å²) in [5.41, 5.74) is 4.20. The summed E-state index contributed by atoms with van der Waals surface area (Å²) in [5, 5.41) is 3.59. The SMILES string of the molecule is Cc1cccc(C)c1NC(=O)Cn1cc(S(=O)(=O)Cc2ccccc2)c2ccccc21. The molecule has 158 valence electrons. The van der Waals surface area contributed by atoms with Gasteiger partial charge in [0.05, 0.1) is 10.6 Å². The van der Waals surface area contributed by atoms with Crippen LogP contribution in [0.1, 0.15) is 16.7 Å². The Morgan fingerprint density at radius 1 is 0.871 bits per heavy atom. The molecule has 0 fully saturated rings. The molecule has 4 aromatic rings. The minimum atomic E-state index is -3.58. The first kappa shape index (κ1) is 20.9. The van der Waals surface area contributed by atoms with Crippen LogP contribution in [0, 0.1) is 13.8 Å². The zero-order chi connectivity index (χ0) is 22.0. The van der Waals surface area contributed by atoms with E-state index in [0.717, 1.165) is 22.4 Å². The summed E-state index contributed by atoms with van der Waals surface area (Å²) in [6.45, 7) is 3.92. The lowest BCUT2D eigenvalue weighted by molar-refractivity contribution is -0.116. The van der Waals surface area contributed by atoms with E-state index in [0.29, 0.717) is 10.9 Å². The topological polar surface area (TPSA) is 68.2 Å². The second-order valence-corrected chi connectivity index (χ2v) is 9.66. The van der Waals surface area contributed by atoms with Gasteiger partial charge in [0.15, 0.2) is 9.84 Å². The van der Waals surface area contributed by atoms with Crippen molar-refractivity contribution in [2.45, 2.75) is 31.0 Å². The van der Waals surface area contributed by atoms with Crippen LogP contribution in [0.4, 0.5) is 5.69 Å². The minimum absolute atomic E-state index is 0.0230. The highest BCUT2D eigenvalue weighted by atomic mass is 32.2. The van der Waals surface area contributed by atoms with Gasteiger partial charge in [0.25, 0.3) is 0 Å². The van der Waals surface area contributed by atoms with Crippen LogP contribution in [0.15, 0.2) is 83.9 Å². The van der Waals surface area contributed by atoms with Gasteiger partial charge in [-0.05, 0) is 36.6 Å². The zero-order valence-electron chi connectivity index (χ0n) is 17.5. The van der Waals surface area contributed by atoms with Gasteiger partial charge < -0.3 is 9.88 Å². The zero-order valence-corrected chi connectivity index (χ0v) is 18.3. The number of aryl methyl sites for hydroxylation is 2. The lowest BCUT2D eigenvalue weighted by atomic mass is 10.1. The molecule has 1 amide bonds. The summed E-state index contributed by atoms with van der Waals surface area (Å²) < 4.78 is 28.1. The fourth-order valence-corrected chi connectivity index (χ4v) is 5.39. The number of hydrogen-bond acceptors (Lipinski definition) is 3. The van der Waals surface area contributed by atoms with Crippen molar-refractivity contribution < 1.29 is 13.2 Å². The highest BCUT2D eigenvalue weighted by Gasteiger charge is 2.22. The summed E-state index contributed by atoms with van der Waals surface area (Å²) in [4.78, 5) is 13.0. The fourth-order valence-electron chi connectivity index (χ4n) is 3.81. The van der Waals surface area contributed by atoms with Crippen LogP contribution in [0.25, 0.3) is 10.9 Å². The van der Waals surface area contributed by atoms with E-state index in [1.165, 1.54) is 0 Å². The minimum Gasteiger partial charge on any atom is -0.337 e. The number of amides is 1. The largest absolute Gasteiger partial charge is 0.337 e. The number of rotatable bonds is 6. The number of anilines is 1. The number of para-hydroxylation sites is 2. The first-order valence-electron chi connectivity index (χ1n) is 10.1. The Bertz CT molecular complexity index is 1340. The molecule has 0 aliphatic carbocycles. The third kappa shape index (κ3) is 4.39. The molecule has 0 bridgehead atoms. The van der Waals surface area contributed by atoms with E-state index in [2.05, 4.69) is 5.32 Å². The summed E-state index contributed by atoms with van der Waals surface area (Å²) >= 11 is 0.